The molecule has 1 aliphatic heterocycles. The van der Waals surface area contributed by atoms with E-state index in [0.717, 1.165) is 48.8 Å². The van der Waals surface area contributed by atoms with E-state index in [4.69, 9.17) is 4.98 Å². The van der Waals surface area contributed by atoms with Crippen molar-refractivity contribution in [3.63, 3.8) is 0 Å². The average Bonchev–Trinajstić information content (AvgIpc) is 2.67. The summed E-state index contributed by atoms with van der Waals surface area (Å²) in [6.07, 6.45) is 1.86. The molecule has 1 saturated heterocycles. The largest absolute Gasteiger partial charge is 0.354 e. The first kappa shape index (κ1) is 20.3. The summed E-state index contributed by atoms with van der Waals surface area (Å²) < 4.78 is 0. The van der Waals surface area contributed by atoms with Crippen molar-refractivity contribution >= 4 is 17.4 Å². The van der Waals surface area contributed by atoms with Crippen LogP contribution in [0.25, 0.3) is 11.1 Å². The van der Waals surface area contributed by atoms with Gasteiger partial charge in [0.05, 0.1) is 11.9 Å². The van der Waals surface area contributed by atoms with Crippen LogP contribution in [-0.2, 0) is 4.79 Å². The first-order valence-corrected chi connectivity index (χ1v) is 9.96. The number of carbonyl (C=O) groups excluding carboxylic acids is 1. The maximum atomic E-state index is 12.9. The lowest BCUT2D eigenvalue weighted by molar-refractivity contribution is -0.125. The van der Waals surface area contributed by atoms with Gasteiger partial charge in [0.25, 0.3) is 0 Å². The molecule has 0 unspecified atom stereocenters. The number of benzene rings is 1. The Bertz CT molecular complexity index is 848. The van der Waals surface area contributed by atoms with Gasteiger partial charge in [-0.1, -0.05) is 45.0 Å². The Morgan fingerprint density at radius 3 is 2.32 bits per heavy atom. The molecule has 150 valence electrons. The quantitative estimate of drug-likeness (QED) is 0.812. The predicted molar refractivity (Wildman–Crippen MR) is 117 cm³/mol. The van der Waals surface area contributed by atoms with Crippen molar-refractivity contribution in [1.82, 2.24) is 9.88 Å². The van der Waals surface area contributed by atoms with Crippen molar-refractivity contribution in [2.75, 3.05) is 50.1 Å². The molecular formula is C23H32N4O. The van der Waals surface area contributed by atoms with Gasteiger partial charge in [-0.05, 0) is 31.2 Å². The summed E-state index contributed by atoms with van der Waals surface area (Å²) >= 11 is 0. The lowest BCUT2D eigenvalue weighted by Gasteiger charge is -2.34. The smallest absolute Gasteiger partial charge is 0.232 e. The van der Waals surface area contributed by atoms with E-state index in [2.05, 4.69) is 42.0 Å². The highest BCUT2D eigenvalue weighted by molar-refractivity contribution is 6.00. The van der Waals surface area contributed by atoms with Crippen molar-refractivity contribution in [1.29, 1.82) is 0 Å². The van der Waals surface area contributed by atoms with Crippen molar-refractivity contribution in [3.05, 3.63) is 42.1 Å². The van der Waals surface area contributed by atoms with E-state index in [0.29, 0.717) is 0 Å². The molecule has 5 nitrogen and oxygen atoms in total. The average molecular weight is 381 g/mol. The summed E-state index contributed by atoms with van der Waals surface area (Å²) in [5.74, 6) is 1.06. The number of likely N-dealkylation sites (N-methyl/N-ethyl adjacent to an activating group) is 1. The molecule has 0 spiro atoms. The Morgan fingerprint density at radius 1 is 1.07 bits per heavy atom. The molecule has 1 aromatic heterocycles. The van der Waals surface area contributed by atoms with E-state index in [9.17, 15) is 4.79 Å². The zero-order valence-electron chi connectivity index (χ0n) is 18.0. The fourth-order valence-corrected chi connectivity index (χ4v) is 3.62. The van der Waals surface area contributed by atoms with Gasteiger partial charge in [0.1, 0.15) is 5.82 Å². The zero-order chi connectivity index (χ0) is 20.5. The van der Waals surface area contributed by atoms with E-state index in [-0.39, 0.29) is 5.91 Å². The predicted octanol–water partition coefficient (Wildman–Crippen LogP) is 3.82. The van der Waals surface area contributed by atoms with Crippen LogP contribution < -0.4 is 9.80 Å². The Labute approximate surface area is 169 Å². The Hall–Kier alpha value is -2.40. The number of hydrogen-bond donors (Lipinski definition) is 0. The van der Waals surface area contributed by atoms with Crippen LogP contribution in [0.4, 0.5) is 11.5 Å². The molecule has 0 N–H and O–H groups in total. The Balaban J connectivity index is 2.07. The van der Waals surface area contributed by atoms with Gasteiger partial charge >= 0.3 is 0 Å². The van der Waals surface area contributed by atoms with Crippen LogP contribution in [-0.4, -0.2) is 56.1 Å². The third-order valence-electron chi connectivity index (χ3n) is 5.44. The Kier molecular flexibility index (Phi) is 5.75. The van der Waals surface area contributed by atoms with Gasteiger partial charge in [-0.3, -0.25) is 4.79 Å². The van der Waals surface area contributed by atoms with Crippen molar-refractivity contribution < 1.29 is 4.79 Å². The second-order valence-corrected chi connectivity index (χ2v) is 8.78. The molecule has 0 atom stereocenters. The van der Waals surface area contributed by atoms with Gasteiger partial charge < -0.3 is 14.7 Å². The number of carbonyl (C=O) groups is 1. The molecule has 1 fully saturated rings. The third kappa shape index (κ3) is 4.20. The summed E-state index contributed by atoms with van der Waals surface area (Å²) in [5, 5.41) is 0. The first-order chi connectivity index (χ1) is 13.2. The van der Waals surface area contributed by atoms with E-state index < -0.39 is 5.41 Å². The van der Waals surface area contributed by atoms with Crippen LogP contribution in [0.3, 0.4) is 0 Å². The molecule has 28 heavy (non-hydrogen) atoms. The van der Waals surface area contributed by atoms with Crippen LogP contribution in [0, 0.1) is 12.3 Å². The van der Waals surface area contributed by atoms with Crippen LogP contribution in [0.15, 0.2) is 36.5 Å². The monoisotopic (exact) mass is 380 g/mol. The number of aromatic nitrogens is 1. The number of hydrogen-bond acceptors (Lipinski definition) is 4. The van der Waals surface area contributed by atoms with Crippen LogP contribution >= 0.6 is 0 Å². The standard InChI is InChI=1S/C23H32N4O/c1-17-9-7-8-10-18(17)19-15-21(27-13-11-25(5)12-14-27)24-16-20(19)26(6)22(28)23(2,3)4/h7-10,15-16H,11-14H2,1-6H3. The minimum absolute atomic E-state index is 0.0801. The molecule has 0 bridgehead atoms. The fraction of sp³-hybridized carbons (Fsp3) is 0.478. The third-order valence-corrected chi connectivity index (χ3v) is 5.44. The summed E-state index contributed by atoms with van der Waals surface area (Å²) in [6, 6.07) is 10.5. The molecule has 0 saturated carbocycles. The minimum Gasteiger partial charge on any atom is -0.354 e. The van der Waals surface area contributed by atoms with Gasteiger partial charge in [0, 0.05) is 44.2 Å². The highest BCUT2D eigenvalue weighted by atomic mass is 16.2. The number of pyridine rings is 1. The van der Waals surface area contributed by atoms with E-state index >= 15 is 0 Å². The van der Waals surface area contributed by atoms with E-state index in [1.54, 1.807) is 4.90 Å². The van der Waals surface area contributed by atoms with E-state index in [1.807, 2.05) is 46.1 Å². The van der Waals surface area contributed by atoms with Crippen LogP contribution in [0.1, 0.15) is 26.3 Å². The summed E-state index contributed by atoms with van der Waals surface area (Å²) in [4.78, 5) is 24.1. The number of amides is 1. The molecular weight excluding hydrogens is 348 g/mol. The molecule has 0 radical (unpaired) electrons. The minimum atomic E-state index is -0.451. The second kappa shape index (κ2) is 7.92. The SMILES string of the molecule is Cc1ccccc1-c1cc(N2CCN(C)CC2)ncc1N(C)C(=O)C(C)(C)C. The lowest BCUT2D eigenvalue weighted by atomic mass is 9.93. The van der Waals surface area contributed by atoms with Crippen LogP contribution in [0.2, 0.25) is 0 Å². The van der Waals surface area contributed by atoms with Crippen molar-refractivity contribution in [2.45, 2.75) is 27.7 Å². The van der Waals surface area contributed by atoms with Crippen LogP contribution in [0.5, 0.6) is 0 Å². The number of anilines is 2. The second-order valence-electron chi connectivity index (χ2n) is 8.78. The molecule has 5 heteroatoms. The van der Waals surface area contributed by atoms with Gasteiger partial charge in [-0.25, -0.2) is 4.98 Å². The van der Waals surface area contributed by atoms with Crippen molar-refractivity contribution in [3.8, 4) is 11.1 Å². The number of nitrogens with zero attached hydrogens (tertiary/aromatic N) is 4. The Morgan fingerprint density at radius 2 is 1.71 bits per heavy atom. The molecule has 0 aliphatic carbocycles. The molecule has 2 heterocycles. The lowest BCUT2D eigenvalue weighted by Crippen LogP contribution is -2.44. The maximum Gasteiger partial charge on any atom is 0.232 e. The summed E-state index contributed by atoms with van der Waals surface area (Å²) in [5.41, 5.74) is 3.79. The highest BCUT2D eigenvalue weighted by Gasteiger charge is 2.28. The molecule has 2 aromatic rings. The maximum absolute atomic E-state index is 12.9. The van der Waals surface area contributed by atoms with Gasteiger partial charge in [0.2, 0.25) is 5.91 Å². The fourth-order valence-electron chi connectivity index (χ4n) is 3.62. The van der Waals surface area contributed by atoms with Gasteiger partial charge in [-0.15, -0.1) is 0 Å². The van der Waals surface area contributed by atoms with Gasteiger partial charge in [0.15, 0.2) is 0 Å². The number of piperazine rings is 1. The van der Waals surface area contributed by atoms with Crippen molar-refractivity contribution in [2.24, 2.45) is 5.41 Å². The molecule has 1 amide bonds. The summed E-state index contributed by atoms with van der Waals surface area (Å²) in [6.45, 7) is 12.0. The highest BCUT2D eigenvalue weighted by Crippen LogP contribution is 2.36. The number of aryl methyl sites for hydroxylation is 1. The van der Waals surface area contributed by atoms with E-state index in [1.165, 1.54) is 5.56 Å². The normalized spacial score (nSPS) is 15.6. The molecule has 1 aliphatic rings. The zero-order valence-corrected chi connectivity index (χ0v) is 18.0. The molecule has 3 rings (SSSR count). The molecule has 1 aromatic carbocycles. The topological polar surface area (TPSA) is 39.7 Å². The first-order valence-electron chi connectivity index (χ1n) is 9.96. The number of rotatable bonds is 3. The summed E-state index contributed by atoms with van der Waals surface area (Å²) in [7, 11) is 4.00. The van der Waals surface area contributed by atoms with Gasteiger partial charge in [-0.2, -0.15) is 0 Å².